The molecule has 2 amide bonds. The highest BCUT2D eigenvalue weighted by atomic mass is 32.2. The molecule has 1 aromatic carbocycles. The number of benzene rings is 1. The van der Waals surface area contributed by atoms with E-state index in [1.165, 1.54) is 0 Å². The average Bonchev–Trinajstić information content (AvgIpc) is 2.44. The van der Waals surface area contributed by atoms with Crippen molar-refractivity contribution in [2.45, 2.75) is 57.6 Å². The predicted molar refractivity (Wildman–Crippen MR) is 94.6 cm³/mol. The summed E-state index contributed by atoms with van der Waals surface area (Å²) in [5, 5.41) is 2.90. The van der Waals surface area contributed by atoms with Gasteiger partial charge in [-0.2, -0.15) is 0 Å². The number of amides is 2. The molecule has 0 aliphatic carbocycles. The molecule has 0 saturated heterocycles. The summed E-state index contributed by atoms with van der Waals surface area (Å²) in [6, 6.07) is 7.64. The number of urea groups is 1. The highest BCUT2D eigenvalue weighted by Gasteiger charge is 2.20. The zero-order valence-electron chi connectivity index (χ0n) is 14.5. The number of hydrogen-bond acceptors (Lipinski definition) is 2. The van der Waals surface area contributed by atoms with Crippen LogP contribution in [0.15, 0.2) is 24.3 Å². The molecule has 0 unspecified atom stereocenters. The van der Waals surface area contributed by atoms with Gasteiger partial charge >= 0.3 is 6.03 Å². The van der Waals surface area contributed by atoms with Crippen LogP contribution < -0.4 is 5.32 Å². The molecule has 1 aromatic rings. The summed E-state index contributed by atoms with van der Waals surface area (Å²) < 4.78 is 12.0. The summed E-state index contributed by atoms with van der Waals surface area (Å²) in [5.41, 5.74) is 1.71. The largest absolute Gasteiger partial charge is 0.325 e. The van der Waals surface area contributed by atoms with Gasteiger partial charge in [-0.25, -0.2) is 4.79 Å². The molecule has 0 aliphatic heterocycles. The van der Waals surface area contributed by atoms with Crippen molar-refractivity contribution in [1.82, 2.24) is 4.90 Å². The molecule has 124 valence electrons. The molecule has 22 heavy (non-hydrogen) atoms. The number of nitrogens with zero attached hydrogens (tertiary/aromatic N) is 1. The third-order valence-corrected chi connectivity index (χ3v) is 5.69. The summed E-state index contributed by atoms with van der Waals surface area (Å²) in [5.74, 6) is 0.494. The molecule has 2 atom stereocenters. The standard InChI is InChI=1S/C17H28N2O2S/c1-7-13(2)19(6)16(20)18-15-10-8-9-14(11-15)12-22(21)17(3,4)5/h8-11,13H,7,12H2,1-6H3,(H,18,20)/t13-,22-/m0/s1. The van der Waals surface area contributed by atoms with E-state index in [9.17, 15) is 9.00 Å². The van der Waals surface area contributed by atoms with Crippen LogP contribution in [-0.2, 0) is 16.6 Å². The lowest BCUT2D eigenvalue weighted by Gasteiger charge is -2.24. The highest BCUT2D eigenvalue weighted by molar-refractivity contribution is 7.85. The quantitative estimate of drug-likeness (QED) is 0.890. The molecule has 4 nitrogen and oxygen atoms in total. The van der Waals surface area contributed by atoms with Crippen LogP contribution in [0.3, 0.4) is 0 Å². The van der Waals surface area contributed by atoms with E-state index in [4.69, 9.17) is 0 Å². The maximum Gasteiger partial charge on any atom is 0.321 e. The Bertz CT molecular complexity index is 538. The van der Waals surface area contributed by atoms with E-state index in [1.807, 2.05) is 52.0 Å². The van der Waals surface area contributed by atoms with Crippen molar-refractivity contribution in [2.24, 2.45) is 0 Å². The molecule has 0 spiro atoms. The minimum Gasteiger partial charge on any atom is -0.325 e. The zero-order chi connectivity index (χ0) is 16.9. The molecule has 1 rings (SSSR count). The maximum absolute atomic E-state index is 12.2. The third kappa shape index (κ3) is 5.44. The number of anilines is 1. The molecule has 0 aliphatic rings. The topological polar surface area (TPSA) is 49.4 Å². The van der Waals surface area contributed by atoms with E-state index in [0.29, 0.717) is 5.75 Å². The zero-order valence-corrected chi connectivity index (χ0v) is 15.3. The minimum atomic E-state index is -0.950. The Hall–Kier alpha value is -1.36. The van der Waals surface area contributed by atoms with E-state index in [-0.39, 0.29) is 16.8 Å². The fourth-order valence-electron chi connectivity index (χ4n) is 1.79. The first-order chi connectivity index (χ1) is 10.1. The Balaban J connectivity index is 2.76. The van der Waals surface area contributed by atoms with Gasteiger partial charge in [-0.1, -0.05) is 19.1 Å². The van der Waals surface area contributed by atoms with E-state index >= 15 is 0 Å². The molecule has 1 N–H and O–H groups in total. The van der Waals surface area contributed by atoms with Crippen molar-refractivity contribution in [3.8, 4) is 0 Å². The van der Waals surface area contributed by atoms with Gasteiger partial charge in [0.25, 0.3) is 0 Å². The van der Waals surface area contributed by atoms with Crippen molar-refractivity contribution in [3.05, 3.63) is 29.8 Å². The Morgan fingerprint density at radius 3 is 2.55 bits per heavy atom. The van der Waals surface area contributed by atoms with Gasteiger partial charge in [0.2, 0.25) is 0 Å². The second kappa shape index (κ2) is 7.77. The molecule has 0 fully saturated rings. The maximum atomic E-state index is 12.2. The van der Waals surface area contributed by atoms with E-state index < -0.39 is 10.8 Å². The molecule has 0 saturated carbocycles. The van der Waals surface area contributed by atoms with Crippen LogP contribution in [0.4, 0.5) is 10.5 Å². The van der Waals surface area contributed by atoms with E-state index in [0.717, 1.165) is 17.7 Å². The van der Waals surface area contributed by atoms with Gasteiger partial charge in [-0.05, 0) is 51.8 Å². The number of carbonyl (C=O) groups is 1. The first-order valence-electron chi connectivity index (χ1n) is 7.66. The van der Waals surface area contributed by atoms with Crippen LogP contribution in [0.2, 0.25) is 0 Å². The molecular formula is C17H28N2O2S. The number of hydrogen-bond donors (Lipinski definition) is 1. The van der Waals surface area contributed by atoms with Crippen molar-refractivity contribution in [2.75, 3.05) is 12.4 Å². The van der Waals surface area contributed by atoms with Gasteiger partial charge in [0.05, 0.1) is 0 Å². The second-order valence-electron chi connectivity index (χ2n) is 6.60. The SMILES string of the molecule is CC[C@H](C)N(C)C(=O)Nc1cccc(C[S@](=O)C(C)(C)C)c1. The van der Waals surface area contributed by atoms with E-state index in [2.05, 4.69) is 12.2 Å². The fourth-order valence-corrected chi connectivity index (χ4v) is 2.71. The van der Waals surface area contributed by atoms with Crippen LogP contribution in [0, 0.1) is 0 Å². The lowest BCUT2D eigenvalue weighted by Crippen LogP contribution is -2.37. The molecule has 0 bridgehead atoms. The normalized spacial score (nSPS) is 14.3. The molecule has 0 radical (unpaired) electrons. The first-order valence-corrected chi connectivity index (χ1v) is 8.98. The Morgan fingerprint density at radius 2 is 2.00 bits per heavy atom. The fraction of sp³-hybridized carbons (Fsp3) is 0.588. The lowest BCUT2D eigenvalue weighted by molar-refractivity contribution is 0.206. The molecule has 0 heterocycles. The third-order valence-electron chi connectivity index (χ3n) is 3.73. The van der Waals surface area contributed by atoms with Gasteiger partial charge in [-0.3, -0.25) is 4.21 Å². The lowest BCUT2D eigenvalue weighted by atomic mass is 10.2. The predicted octanol–water partition coefficient (Wildman–Crippen LogP) is 4.00. The minimum absolute atomic E-state index is 0.122. The molecule has 0 aromatic heterocycles. The summed E-state index contributed by atoms with van der Waals surface area (Å²) in [6.45, 7) is 9.97. The summed E-state index contributed by atoms with van der Waals surface area (Å²) in [6.07, 6.45) is 0.911. The summed E-state index contributed by atoms with van der Waals surface area (Å²) >= 11 is 0. The Morgan fingerprint density at radius 1 is 1.36 bits per heavy atom. The van der Waals surface area contributed by atoms with Crippen LogP contribution >= 0.6 is 0 Å². The summed E-state index contributed by atoms with van der Waals surface area (Å²) in [7, 11) is 0.844. The van der Waals surface area contributed by atoms with Crippen molar-refractivity contribution >= 4 is 22.5 Å². The van der Waals surface area contributed by atoms with Gasteiger partial charge in [-0.15, -0.1) is 0 Å². The Labute approximate surface area is 136 Å². The van der Waals surface area contributed by atoms with Crippen LogP contribution in [-0.4, -0.2) is 33.0 Å². The first kappa shape index (κ1) is 18.7. The van der Waals surface area contributed by atoms with Crippen LogP contribution in [0.1, 0.15) is 46.6 Å². The van der Waals surface area contributed by atoms with Gasteiger partial charge in [0.15, 0.2) is 0 Å². The number of nitrogens with one attached hydrogen (secondary N) is 1. The van der Waals surface area contributed by atoms with Gasteiger partial charge in [0.1, 0.15) is 0 Å². The average molecular weight is 324 g/mol. The van der Waals surface area contributed by atoms with Gasteiger partial charge < -0.3 is 10.2 Å². The van der Waals surface area contributed by atoms with Crippen LogP contribution in [0.25, 0.3) is 0 Å². The Kier molecular flexibility index (Phi) is 6.60. The number of carbonyl (C=O) groups excluding carboxylic acids is 1. The number of rotatable bonds is 5. The second-order valence-corrected chi connectivity index (χ2v) is 8.81. The van der Waals surface area contributed by atoms with Crippen molar-refractivity contribution in [3.63, 3.8) is 0 Å². The van der Waals surface area contributed by atoms with Crippen LogP contribution in [0.5, 0.6) is 0 Å². The summed E-state index contributed by atoms with van der Waals surface area (Å²) in [4.78, 5) is 13.9. The smallest absolute Gasteiger partial charge is 0.321 e. The van der Waals surface area contributed by atoms with Crippen molar-refractivity contribution < 1.29 is 9.00 Å². The van der Waals surface area contributed by atoms with Gasteiger partial charge in [0, 0.05) is 40.1 Å². The molecular weight excluding hydrogens is 296 g/mol. The monoisotopic (exact) mass is 324 g/mol. The van der Waals surface area contributed by atoms with E-state index in [1.54, 1.807) is 11.9 Å². The molecule has 5 heteroatoms. The van der Waals surface area contributed by atoms with Crippen molar-refractivity contribution in [1.29, 1.82) is 0 Å². The highest BCUT2D eigenvalue weighted by Crippen LogP contribution is 2.19.